The van der Waals surface area contributed by atoms with E-state index in [1.165, 1.54) is 12.1 Å². The van der Waals surface area contributed by atoms with Gasteiger partial charge in [0.15, 0.2) is 5.78 Å². The smallest absolute Gasteiger partial charge is 0.156 e. The molecule has 0 saturated carbocycles. The summed E-state index contributed by atoms with van der Waals surface area (Å²) >= 11 is 0. The molecule has 0 unspecified atom stereocenters. The molecule has 3 heteroatoms. The zero-order valence-electron chi connectivity index (χ0n) is 10.9. The normalized spacial score (nSPS) is 18.4. The van der Waals surface area contributed by atoms with Crippen LogP contribution in [0.4, 0.5) is 4.39 Å². The lowest BCUT2D eigenvalue weighted by Gasteiger charge is -2.29. The van der Waals surface area contributed by atoms with Crippen molar-refractivity contribution >= 4 is 11.4 Å². The second-order valence-corrected chi connectivity index (χ2v) is 5.50. The summed E-state index contributed by atoms with van der Waals surface area (Å²) in [5.74, 6) is 0.378. The highest BCUT2D eigenvalue weighted by atomic mass is 19.1. The molecule has 0 heterocycles. The lowest BCUT2D eigenvalue weighted by molar-refractivity contribution is -0.116. The molecule has 0 saturated heterocycles. The summed E-state index contributed by atoms with van der Waals surface area (Å²) in [5.41, 5.74) is 1.45. The number of benzene rings is 1. The molecule has 2 nitrogen and oxygen atoms in total. The first-order chi connectivity index (χ1) is 8.41. The number of ketones is 1. The fourth-order valence-electron chi connectivity index (χ4n) is 2.45. The molecule has 0 radical (unpaired) electrons. The van der Waals surface area contributed by atoms with E-state index < -0.39 is 0 Å². The van der Waals surface area contributed by atoms with Crippen LogP contribution in [0.2, 0.25) is 0 Å². The Kier molecular flexibility index (Phi) is 3.24. The van der Waals surface area contributed by atoms with E-state index >= 15 is 0 Å². The number of hydrogen-bond acceptors (Lipinski definition) is 2. The van der Waals surface area contributed by atoms with Crippen molar-refractivity contribution in [2.24, 2.45) is 5.41 Å². The van der Waals surface area contributed by atoms with Gasteiger partial charge in [0, 0.05) is 12.0 Å². The van der Waals surface area contributed by atoms with Crippen LogP contribution >= 0.6 is 0 Å². The van der Waals surface area contributed by atoms with E-state index in [0.29, 0.717) is 17.7 Å². The third kappa shape index (κ3) is 2.61. The zero-order chi connectivity index (χ0) is 13.3. The zero-order valence-corrected chi connectivity index (χ0v) is 10.9. The first kappa shape index (κ1) is 12.8. The Balaban J connectivity index is 2.48. The van der Waals surface area contributed by atoms with Gasteiger partial charge in [-0.1, -0.05) is 13.8 Å². The summed E-state index contributed by atoms with van der Waals surface area (Å²) in [7, 11) is 1.55. The summed E-state index contributed by atoms with van der Waals surface area (Å²) in [6, 6.07) is 4.38. The van der Waals surface area contributed by atoms with Crippen molar-refractivity contribution in [3.05, 3.63) is 35.7 Å². The number of carbonyl (C=O) groups excluding carboxylic acids is 1. The van der Waals surface area contributed by atoms with Crippen LogP contribution in [0.3, 0.4) is 0 Å². The maximum absolute atomic E-state index is 13.4. The molecule has 0 aliphatic heterocycles. The van der Waals surface area contributed by atoms with Gasteiger partial charge in [-0.2, -0.15) is 0 Å². The van der Waals surface area contributed by atoms with Gasteiger partial charge in [-0.15, -0.1) is 0 Å². The second-order valence-electron chi connectivity index (χ2n) is 5.50. The minimum absolute atomic E-state index is 0.0848. The van der Waals surface area contributed by atoms with Crippen LogP contribution < -0.4 is 4.74 Å². The van der Waals surface area contributed by atoms with Crippen LogP contribution in [0.15, 0.2) is 24.3 Å². The lowest BCUT2D eigenvalue weighted by atomic mass is 9.75. The summed E-state index contributed by atoms with van der Waals surface area (Å²) in [6.07, 6.45) is 2.90. The van der Waals surface area contributed by atoms with Gasteiger partial charge in [-0.3, -0.25) is 4.79 Å². The van der Waals surface area contributed by atoms with Gasteiger partial charge in [-0.05, 0) is 41.7 Å². The molecule has 0 amide bonds. The van der Waals surface area contributed by atoms with Gasteiger partial charge in [0.05, 0.1) is 7.11 Å². The molecule has 1 aliphatic carbocycles. The van der Waals surface area contributed by atoms with E-state index in [9.17, 15) is 9.18 Å². The average molecular weight is 248 g/mol. The molecule has 18 heavy (non-hydrogen) atoms. The van der Waals surface area contributed by atoms with E-state index in [2.05, 4.69) is 0 Å². The Hall–Kier alpha value is -1.64. The molecule has 0 bridgehead atoms. The summed E-state index contributed by atoms with van der Waals surface area (Å²) in [6.45, 7) is 4.09. The van der Waals surface area contributed by atoms with E-state index in [0.717, 1.165) is 12.0 Å². The first-order valence-corrected chi connectivity index (χ1v) is 5.99. The lowest BCUT2D eigenvalue weighted by Crippen LogP contribution is -2.21. The van der Waals surface area contributed by atoms with Crippen LogP contribution in [0.5, 0.6) is 5.75 Å². The van der Waals surface area contributed by atoms with Crippen LogP contribution in [0, 0.1) is 11.2 Å². The predicted molar refractivity (Wildman–Crippen MR) is 69.0 cm³/mol. The molecule has 0 spiro atoms. The van der Waals surface area contributed by atoms with Crippen LogP contribution in [0.25, 0.3) is 5.57 Å². The van der Waals surface area contributed by atoms with E-state index in [-0.39, 0.29) is 17.0 Å². The van der Waals surface area contributed by atoms with Gasteiger partial charge in [0.2, 0.25) is 0 Å². The van der Waals surface area contributed by atoms with Gasteiger partial charge in [0.25, 0.3) is 0 Å². The fraction of sp³-hybridized carbons (Fsp3) is 0.400. The highest BCUT2D eigenvalue weighted by Gasteiger charge is 2.29. The van der Waals surface area contributed by atoms with E-state index in [1.807, 2.05) is 13.8 Å². The summed E-state index contributed by atoms with van der Waals surface area (Å²) < 4.78 is 18.6. The van der Waals surface area contributed by atoms with Crippen molar-refractivity contribution in [2.75, 3.05) is 7.11 Å². The van der Waals surface area contributed by atoms with Crippen molar-refractivity contribution < 1.29 is 13.9 Å². The van der Waals surface area contributed by atoms with Crippen LogP contribution in [0.1, 0.15) is 32.3 Å². The number of methoxy groups -OCH3 is 1. The van der Waals surface area contributed by atoms with Gasteiger partial charge in [-0.25, -0.2) is 4.39 Å². The number of rotatable bonds is 2. The molecule has 0 atom stereocenters. The molecule has 0 aromatic heterocycles. The molecular formula is C15H17FO2. The largest absolute Gasteiger partial charge is 0.496 e. The first-order valence-electron chi connectivity index (χ1n) is 5.99. The van der Waals surface area contributed by atoms with Crippen LogP contribution in [-0.4, -0.2) is 12.9 Å². The third-order valence-electron chi connectivity index (χ3n) is 3.16. The van der Waals surface area contributed by atoms with Crippen molar-refractivity contribution in [2.45, 2.75) is 26.7 Å². The highest BCUT2D eigenvalue weighted by Crippen LogP contribution is 2.40. The maximum atomic E-state index is 13.4. The summed E-state index contributed by atoms with van der Waals surface area (Å²) in [4.78, 5) is 11.7. The minimum atomic E-state index is -0.317. The maximum Gasteiger partial charge on any atom is 0.156 e. The number of hydrogen-bond donors (Lipinski definition) is 0. The SMILES string of the molecule is COc1ccc(F)cc1C1=CC(=O)CC(C)(C)C1. The van der Waals surface area contributed by atoms with Crippen LogP contribution in [-0.2, 0) is 4.79 Å². The Bertz CT molecular complexity index is 515. The second kappa shape index (κ2) is 4.56. The Labute approximate surface area is 106 Å². The van der Waals surface area contributed by atoms with E-state index in [4.69, 9.17) is 4.74 Å². The molecule has 0 N–H and O–H groups in total. The molecule has 1 aromatic carbocycles. The van der Waals surface area contributed by atoms with Crippen molar-refractivity contribution in [3.63, 3.8) is 0 Å². The Morgan fingerprint density at radius 3 is 2.61 bits per heavy atom. The van der Waals surface area contributed by atoms with Gasteiger partial charge < -0.3 is 4.74 Å². The van der Waals surface area contributed by atoms with Gasteiger partial charge >= 0.3 is 0 Å². The molecule has 1 aromatic rings. The average Bonchev–Trinajstić information content (AvgIpc) is 2.26. The number of allylic oxidation sites excluding steroid dienone is 2. The Morgan fingerprint density at radius 2 is 2.00 bits per heavy atom. The highest BCUT2D eigenvalue weighted by molar-refractivity contribution is 5.99. The number of ether oxygens (including phenoxy) is 1. The molecule has 96 valence electrons. The fourth-order valence-corrected chi connectivity index (χ4v) is 2.45. The Morgan fingerprint density at radius 1 is 1.28 bits per heavy atom. The monoisotopic (exact) mass is 248 g/mol. The molecular weight excluding hydrogens is 231 g/mol. The standard InChI is InChI=1S/C15H17FO2/c1-15(2)8-10(6-12(17)9-15)13-7-11(16)4-5-14(13)18-3/h4-7H,8-9H2,1-3H3. The number of carbonyl (C=O) groups is 1. The minimum Gasteiger partial charge on any atom is -0.496 e. The van der Waals surface area contributed by atoms with Crippen molar-refractivity contribution in [1.82, 2.24) is 0 Å². The van der Waals surface area contributed by atoms with Crippen molar-refractivity contribution in [1.29, 1.82) is 0 Å². The predicted octanol–water partition coefficient (Wildman–Crippen LogP) is 3.61. The van der Waals surface area contributed by atoms with E-state index in [1.54, 1.807) is 19.3 Å². The number of halogens is 1. The third-order valence-corrected chi connectivity index (χ3v) is 3.16. The van der Waals surface area contributed by atoms with Crippen molar-refractivity contribution in [3.8, 4) is 5.75 Å². The topological polar surface area (TPSA) is 26.3 Å². The molecule has 1 aliphatic rings. The summed E-state index contributed by atoms with van der Waals surface area (Å²) in [5, 5.41) is 0. The quantitative estimate of drug-likeness (QED) is 0.799. The molecule has 2 rings (SSSR count). The molecule has 0 fully saturated rings. The van der Waals surface area contributed by atoms with Gasteiger partial charge in [0.1, 0.15) is 11.6 Å².